The van der Waals surface area contributed by atoms with Crippen LogP contribution in [0.5, 0.6) is 0 Å². The van der Waals surface area contributed by atoms with Gasteiger partial charge in [-0.05, 0) is 49.1 Å². The fourth-order valence-electron chi connectivity index (χ4n) is 6.84. The number of amides is 3. The van der Waals surface area contributed by atoms with Crippen molar-refractivity contribution in [1.82, 2.24) is 28.8 Å². The van der Waals surface area contributed by atoms with Crippen molar-refractivity contribution in [2.75, 3.05) is 40.3 Å². The largest absolute Gasteiger partial charge is 0.388 e. The number of hydrogen-bond acceptors (Lipinski definition) is 6. The molecule has 2 fully saturated rings. The SMILES string of the molecule is CN(C)C(=O)c1cccc(C(=O)N2CC[C@@H](C(=O)N3CCC(O)(Cn4cnc5c(ccn5C)c4=O)CC3)[C@H](c3ccccc3)C2)c1. The predicted molar refractivity (Wildman–Crippen MR) is 173 cm³/mol. The van der Waals surface area contributed by atoms with Crippen molar-refractivity contribution in [3.63, 3.8) is 0 Å². The second-order valence-corrected chi connectivity index (χ2v) is 12.8. The van der Waals surface area contributed by atoms with Crippen LogP contribution in [0, 0.1) is 5.92 Å². The molecule has 11 heteroatoms. The van der Waals surface area contributed by atoms with Crippen molar-refractivity contribution in [1.29, 1.82) is 0 Å². The second kappa shape index (κ2) is 12.6. The van der Waals surface area contributed by atoms with Crippen LogP contribution in [0.1, 0.15) is 51.5 Å². The molecule has 6 rings (SSSR count). The van der Waals surface area contributed by atoms with Gasteiger partial charge >= 0.3 is 0 Å². The summed E-state index contributed by atoms with van der Waals surface area (Å²) in [6.45, 7) is 1.65. The molecule has 240 valence electrons. The topological polar surface area (TPSA) is 121 Å². The lowest BCUT2D eigenvalue weighted by molar-refractivity contribution is -0.142. The maximum atomic E-state index is 14.1. The molecular formula is C35H40N6O5. The van der Waals surface area contributed by atoms with Gasteiger partial charge in [-0.15, -0.1) is 0 Å². The first-order valence-electron chi connectivity index (χ1n) is 15.7. The molecule has 11 nitrogen and oxygen atoms in total. The highest BCUT2D eigenvalue weighted by Crippen LogP contribution is 2.36. The van der Waals surface area contributed by atoms with Gasteiger partial charge in [0.15, 0.2) is 0 Å². The summed E-state index contributed by atoms with van der Waals surface area (Å²) in [5.41, 5.74) is 1.16. The van der Waals surface area contributed by atoms with Crippen LogP contribution >= 0.6 is 0 Å². The first kappa shape index (κ1) is 31.2. The molecule has 4 heterocycles. The number of carbonyl (C=O) groups excluding carboxylic acids is 3. The summed E-state index contributed by atoms with van der Waals surface area (Å²) in [5.74, 6) is -0.851. The number of hydrogen-bond donors (Lipinski definition) is 1. The maximum Gasteiger partial charge on any atom is 0.262 e. The van der Waals surface area contributed by atoms with Crippen molar-refractivity contribution < 1.29 is 19.5 Å². The highest BCUT2D eigenvalue weighted by molar-refractivity contribution is 5.99. The second-order valence-electron chi connectivity index (χ2n) is 12.8. The molecule has 0 unspecified atom stereocenters. The molecule has 0 saturated carbocycles. The summed E-state index contributed by atoms with van der Waals surface area (Å²) in [6, 6.07) is 18.3. The number of aryl methyl sites for hydroxylation is 1. The van der Waals surface area contributed by atoms with Crippen molar-refractivity contribution >= 4 is 28.8 Å². The molecular weight excluding hydrogens is 584 g/mol. The van der Waals surface area contributed by atoms with Gasteiger partial charge in [0.2, 0.25) is 5.91 Å². The predicted octanol–water partition coefficient (Wildman–Crippen LogP) is 2.74. The Morgan fingerprint density at radius 3 is 2.39 bits per heavy atom. The monoisotopic (exact) mass is 624 g/mol. The van der Waals surface area contributed by atoms with Gasteiger partial charge < -0.3 is 24.4 Å². The third kappa shape index (κ3) is 6.06. The minimum atomic E-state index is -1.14. The summed E-state index contributed by atoms with van der Waals surface area (Å²) >= 11 is 0. The Morgan fingerprint density at radius 1 is 0.957 bits per heavy atom. The third-order valence-electron chi connectivity index (χ3n) is 9.53. The molecule has 46 heavy (non-hydrogen) atoms. The lowest BCUT2D eigenvalue weighted by Gasteiger charge is -2.43. The van der Waals surface area contributed by atoms with Crippen LogP contribution in [0.25, 0.3) is 11.0 Å². The van der Waals surface area contributed by atoms with E-state index >= 15 is 0 Å². The van der Waals surface area contributed by atoms with E-state index in [2.05, 4.69) is 4.98 Å². The number of piperidine rings is 2. The van der Waals surface area contributed by atoms with Gasteiger partial charge in [0.05, 0.1) is 17.5 Å². The Bertz CT molecular complexity index is 1820. The Hall–Kier alpha value is -4.77. The number of aromatic nitrogens is 3. The first-order valence-corrected chi connectivity index (χ1v) is 15.7. The third-order valence-corrected chi connectivity index (χ3v) is 9.53. The first-order chi connectivity index (χ1) is 22.0. The zero-order valence-corrected chi connectivity index (χ0v) is 26.5. The van der Waals surface area contributed by atoms with E-state index < -0.39 is 5.60 Å². The number of fused-ring (bicyclic) bond motifs is 1. The van der Waals surface area contributed by atoms with Crippen LogP contribution in [0.3, 0.4) is 0 Å². The molecule has 2 aromatic carbocycles. The standard InChI is InChI=1S/C35H40N6O5/c1-37(2)31(42)25-10-7-11-26(20-25)32(43)40-17-13-27(29(21-40)24-8-5-4-6-9-24)33(44)39-18-14-35(46,15-19-39)22-41-23-36-30-28(34(41)45)12-16-38(30)3/h4-12,16,20,23,27,29,46H,13-15,17-19,21-22H2,1-3H3/t27-,29+/m1/s1. The highest BCUT2D eigenvalue weighted by atomic mass is 16.3. The number of likely N-dealkylation sites (tertiary alicyclic amines) is 2. The molecule has 2 atom stereocenters. The number of nitrogens with zero attached hydrogens (tertiary/aromatic N) is 6. The molecule has 2 saturated heterocycles. The molecule has 2 aliphatic rings. The Morgan fingerprint density at radius 2 is 1.67 bits per heavy atom. The fourth-order valence-corrected chi connectivity index (χ4v) is 6.84. The van der Waals surface area contributed by atoms with Crippen molar-refractivity contribution in [3.05, 3.63) is 100 Å². The molecule has 2 aromatic heterocycles. The Labute approximate surface area is 267 Å². The lowest BCUT2D eigenvalue weighted by atomic mass is 9.79. The van der Waals surface area contributed by atoms with E-state index in [-0.39, 0.29) is 41.7 Å². The van der Waals surface area contributed by atoms with Crippen LogP contribution < -0.4 is 5.56 Å². The number of aliphatic hydroxyl groups is 1. The van der Waals surface area contributed by atoms with E-state index in [9.17, 15) is 24.3 Å². The molecule has 2 aliphatic heterocycles. The van der Waals surface area contributed by atoms with Crippen LogP contribution in [-0.2, 0) is 18.4 Å². The van der Waals surface area contributed by atoms with Gasteiger partial charge in [-0.1, -0.05) is 36.4 Å². The zero-order chi connectivity index (χ0) is 32.6. The number of rotatable bonds is 6. The van der Waals surface area contributed by atoms with E-state index in [0.717, 1.165) is 5.56 Å². The molecule has 0 bridgehead atoms. The summed E-state index contributed by atoms with van der Waals surface area (Å²) in [7, 11) is 5.18. The minimum Gasteiger partial charge on any atom is -0.388 e. The average Bonchev–Trinajstić information content (AvgIpc) is 3.46. The molecule has 4 aromatic rings. The summed E-state index contributed by atoms with van der Waals surface area (Å²) < 4.78 is 3.25. The fraction of sp³-hybridized carbons (Fsp3) is 0.400. The average molecular weight is 625 g/mol. The highest BCUT2D eigenvalue weighted by Gasteiger charge is 2.41. The van der Waals surface area contributed by atoms with E-state index in [1.54, 1.807) is 60.1 Å². The van der Waals surface area contributed by atoms with Gasteiger partial charge in [-0.3, -0.25) is 23.7 Å². The normalized spacial score (nSPS) is 19.7. The van der Waals surface area contributed by atoms with Crippen LogP contribution in [-0.4, -0.2) is 97.5 Å². The molecule has 0 radical (unpaired) electrons. The van der Waals surface area contributed by atoms with Crippen molar-refractivity contribution in [2.45, 2.75) is 37.3 Å². The summed E-state index contributed by atoms with van der Waals surface area (Å²) in [5, 5.41) is 12.0. The van der Waals surface area contributed by atoms with Crippen LogP contribution in [0.4, 0.5) is 0 Å². The van der Waals surface area contributed by atoms with Gasteiger partial charge in [0.25, 0.3) is 17.4 Å². The lowest BCUT2D eigenvalue weighted by Crippen LogP contribution is -2.53. The summed E-state index contributed by atoms with van der Waals surface area (Å²) in [4.78, 5) is 62.8. The van der Waals surface area contributed by atoms with Gasteiger partial charge in [0, 0.05) is 76.5 Å². The molecule has 0 aliphatic carbocycles. The van der Waals surface area contributed by atoms with Crippen LogP contribution in [0.2, 0.25) is 0 Å². The van der Waals surface area contributed by atoms with E-state index in [0.29, 0.717) is 67.6 Å². The van der Waals surface area contributed by atoms with E-state index in [1.165, 1.54) is 15.8 Å². The van der Waals surface area contributed by atoms with Gasteiger partial charge in [0.1, 0.15) is 12.0 Å². The quantitative estimate of drug-likeness (QED) is 0.352. The van der Waals surface area contributed by atoms with Crippen LogP contribution in [0.15, 0.2) is 78.0 Å². The zero-order valence-electron chi connectivity index (χ0n) is 26.5. The summed E-state index contributed by atoms with van der Waals surface area (Å²) in [6.07, 6.45) is 4.45. The molecule has 0 spiro atoms. The Balaban J connectivity index is 1.15. The molecule has 3 amide bonds. The maximum absolute atomic E-state index is 14.1. The van der Waals surface area contributed by atoms with E-state index in [1.807, 2.05) is 42.3 Å². The van der Waals surface area contributed by atoms with Crippen molar-refractivity contribution in [3.8, 4) is 0 Å². The van der Waals surface area contributed by atoms with Gasteiger partial charge in [-0.2, -0.15) is 0 Å². The number of carbonyl (C=O) groups is 3. The smallest absolute Gasteiger partial charge is 0.262 e. The molecule has 1 N–H and O–H groups in total. The van der Waals surface area contributed by atoms with Crippen molar-refractivity contribution in [2.24, 2.45) is 13.0 Å². The van der Waals surface area contributed by atoms with E-state index in [4.69, 9.17) is 0 Å². The van der Waals surface area contributed by atoms with Gasteiger partial charge in [-0.25, -0.2) is 4.98 Å². The Kier molecular flexibility index (Phi) is 8.52. The number of benzene rings is 2. The minimum absolute atomic E-state index is 0.0196.